The molecule has 128 valence electrons. The molecule has 9 nitrogen and oxygen atoms in total. The summed E-state index contributed by atoms with van der Waals surface area (Å²) in [5.74, 6) is 0.959. The number of hydrogen-bond acceptors (Lipinski definition) is 6. The van der Waals surface area contributed by atoms with Crippen LogP contribution in [0.25, 0.3) is 5.95 Å². The number of nitro benzene ring substituents is 1. The van der Waals surface area contributed by atoms with E-state index >= 15 is 0 Å². The second-order valence-electron chi connectivity index (χ2n) is 5.41. The Morgan fingerprint density at radius 3 is 2.64 bits per heavy atom. The molecule has 25 heavy (non-hydrogen) atoms. The lowest BCUT2D eigenvalue weighted by Crippen LogP contribution is -2.08. The largest absolute Gasteiger partial charge is 0.273 e. The summed E-state index contributed by atoms with van der Waals surface area (Å²) in [6, 6.07) is 6.07. The van der Waals surface area contributed by atoms with Crippen LogP contribution in [-0.2, 0) is 0 Å². The van der Waals surface area contributed by atoms with Gasteiger partial charge in [-0.1, -0.05) is 11.6 Å². The minimum atomic E-state index is -0.487. The molecule has 0 N–H and O–H groups in total. The first-order chi connectivity index (χ1) is 11.9. The van der Waals surface area contributed by atoms with Gasteiger partial charge in [0.25, 0.3) is 11.6 Å². The van der Waals surface area contributed by atoms with Crippen LogP contribution in [0.15, 0.2) is 29.4 Å². The van der Waals surface area contributed by atoms with E-state index in [0.29, 0.717) is 22.4 Å². The Morgan fingerprint density at radius 1 is 1.24 bits per heavy atom. The Hall–Kier alpha value is -3.07. The van der Waals surface area contributed by atoms with Crippen LogP contribution >= 0.6 is 11.6 Å². The van der Waals surface area contributed by atoms with E-state index in [1.807, 2.05) is 19.9 Å². The molecule has 0 aliphatic rings. The van der Waals surface area contributed by atoms with E-state index in [0.717, 1.165) is 11.4 Å². The fourth-order valence-corrected chi connectivity index (χ4v) is 2.48. The summed E-state index contributed by atoms with van der Waals surface area (Å²) in [7, 11) is 0. The molecule has 0 amide bonds. The Bertz CT molecular complexity index is 990. The van der Waals surface area contributed by atoms with Crippen LogP contribution in [-0.4, -0.2) is 35.8 Å². The van der Waals surface area contributed by atoms with Crippen molar-refractivity contribution in [3.05, 3.63) is 62.2 Å². The number of halogens is 1. The minimum Gasteiger partial charge on any atom is -0.258 e. The molecule has 0 saturated heterocycles. The molecular weight excluding hydrogens is 346 g/mol. The second kappa shape index (κ2) is 6.44. The smallest absolute Gasteiger partial charge is 0.258 e. The SMILES string of the molecule is Cc1cc(C)n(-c2nnc(C)n2/N=C/c2cc([N+](=O)[O-])ccc2Cl)n1. The topological polar surface area (TPSA) is 104 Å². The first kappa shape index (κ1) is 16.8. The van der Waals surface area contributed by atoms with Gasteiger partial charge in [0, 0.05) is 28.4 Å². The van der Waals surface area contributed by atoms with Gasteiger partial charge in [0.15, 0.2) is 5.82 Å². The molecule has 0 fully saturated rings. The average Bonchev–Trinajstić information content (AvgIpc) is 3.08. The number of hydrogen-bond donors (Lipinski definition) is 0. The standard InChI is InChI=1S/C15H14ClN7O2/c1-9-6-10(2)21(20-9)15-19-18-11(3)22(15)17-8-12-7-13(23(24)25)4-5-14(12)16/h4-8H,1-3H3/b17-8+. The molecular formula is C15H14ClN7O2. The van der Waals surface area contributed by atoms with E-state index in [9.17, 15) is 10.1 Å². The van der Waals surface area contributed by atoms with Crippen LogP contribution in [0.4, 0.5) is 5.69 Å². The zero-order valence-corrected chi connectivity index (χ0v) is 14.5. The van der Waals surface area contributed by atoms with Crippen LogP contribution in [0.2, 0.25) is 5.02 Å². The maximum Gasteiger partial charge on any atom is 0.273 e. The number of aromatic nitrogens is 5. The molecule has 0 aliphatic heterocycles. The van der Waals surface area contributed by atoms with E-state index < -0.39 is 4.92 Å². The summed E-state index contributed by atoms with van der Waals surface area (Å²) >= 11 is 6.09. The van der Waals surface area contributed by atoms with Gasteiger partial charge in [-0.3, -0.25) is 10.1 Å². The summed E-state index contributed by atoms with van der Waals surface area (Å²) < 4.78 is 3.12. The van der Waals surface area contributed by atoms with Crippen molar-refractivity contribution in [1.29, 1.82) is 0 Å². The summed E-state index contributed by atoms with van der Waals surface area (Å²) in [6.07, 6.45) is 1.43. The van der Waals surface area contributed by atoms with Gasteiger partial charge in [-0.05, 0) is 32.9 Å². The number of benzene rings is 1. The van der Waals surface area contributed by atoms with E-state index in [1.54, 1.807) is 11.6 Å². The predicted molar refractivity (Wildman–Crippen MR) is 92.5 cm³/mol. The van der Waals surface area contributed by atoms with Gasteiger partial charge in [-0.2, -0.15) is 14.9 Å². The molecule has 0 aliphatic carbocycles. The fraction of sp³-hybridized carbons (Fsp3) is 0.200. The Balaban J connectivity index is 2.03. The molecule has 2 aromatic heterocycles. The molecule has 0 radical (unpaired) electrons. The lowest BCUT2D eigenvalue weighted by molar-refractivity contribution is -0.384. The highest BCUT2D eigenvalue weighted by Crippen LogP contribution is 2.21. The van der Waals surface area contributed by atoms with E-state index in [2.05, 4.69) is 20.4 Å². The van der Waals surface area contributed by atoms with E-state index in [1.165, 1.54) is 29.1 Å². The minimum absolute atomic E-state index is 0.0647. The second-order valence-corrected chi connectivity index (χ2v) is 5.81. The van der Waals surface area contributed by atoms with Crippen molar-refractivity contribution in [3.8, 4) is 5.95 Å². The number of aryl methyl sites for hydroxylation is 3. The summed E-state index contributed by atoms with van der Waals surface area (Å²) in [4.78, 5) is 10.4. The van der Waals surface area contributed by atoms with Crippen molar-refractivity contribution in [2.45, 2.75) is 20.8 Å². The zero-order valence-electron chi connectivity index (χ0n) is 13.7. The van der Waals surface area contributed by atoms with Gasteiger partial charge in [-0.15, -0.1) is 10.2 Å². The molecule has 0 unspecified atom stereocenters. The van der Waals surface area contributed by atoms with Gasteiger partial charge < -0.3 is 0 Å². The van der Waals surface area contributed by atoms with Gasteiger partial charge in [0.05, 0.1) is 16.8 Å². The van der Waals surface area contributed by atoms with Crippen LogP contribution in [0.3, 0.4) is 0 Å². The highest BCUT2D eigenvalue weighted by Gasteiger charge is 2.14. The van der Waals surface area contributed by atoms with Crippen LogP contribution in [0.5, 0.6) is 0 Å². The highest BCUT2D eigenvalue weighted by atomic mass is 35.5. The van der Waals surface area contributed by atoms with Gasteiger partial charge >= 0.3 is 0 Å². The Morgan fingerprint density at radius 2 is 2.00 bits per heavy atom. The summed E-state index contributed by atoms with van der Waals surface area (Å²) in [5.41, 5.74) is 2.08. The number of non-ortho nitro benzene ring substituents is 1. The molecule has 2 heterocycles. The fourth-order valence-electron chi connectivity index (χ4n) is 2.31. The lowest BCUT2D eigenvalue weighted by Gasteiger charge is -2.04. The highest BCUT2D eigenvalue weighted by molar-refractivity contribution is 6.33. The normalized spacial score (nSPS) is 11.4. The van der Waals surface area contributed by atoms with Gasteiger partial charge in [0.2, 0.25) is 0 Å². The monoisotopic (exact) mass is 359 g/mol. The van der Waals surface area contributed by atoms with Crippen molar-refractivity contribution in [2.75, 3.05) is 0 Å². The average molecular weight is 360 g/mol. The molecule has 3 rings (SSSR count). The van der Waals surface area contributed by atoms with Crippen molar-refractivity contribution in [3.63, 3.8) is 0 Å². The molecule has 1 aromatic carbocycles. The molecule has 0 bridgehead atoms. The first-order valence-corrected chi connectivity index (χ1v) is 7.68. The van der Waals surface area contributed by atoms with E-state index in [-0.39, 0.29) is 5.69 Å². The molecule has 0 spiro atoms. The lowest BCUT2D eigenvalue weighted by atomic mass is 10.2. The maximum absolute atomic E-state index is 10.9. The van der Waals surface area contributed by atoms with Crippen LogP contribution < -0.4 is 0 Å². The summed E-state index contributed by atoms with van der Waals surface area (Å²) in [6.45, 7) is 5.52. The Kier molecular flexibility index (Phi) is 4.32. The molecule has 0 saturated carbocycles. The number of nitrogens with zero attached hydrogens (tertiary/aromatic N) is 7. The van der Waals surface area contributed by atoms with Crippen molar-refractivity contribution in [1.82, 2.24) is 24.7 Å². The third-order valence-electron chi connectivity index (χ3n) is 3.48. The third kappa shape index (κ3) is 3.26. The molecule has 0 atom stereocenters. The van der Waals surface area contributed by atoms with Crippen molar-refractivity contribution < 1.29 is 4.92 Å². The third-order valence-corrected chi connectivity index (χ3v) is 3.83. The van der Waals surface area contributed by atoms with Crippen molar-refractivity contribution >= 4 is 23.5 Å². The van der Waals surface area contributed by atoms with E-state index in [4.69, 9.17) is 11.6 Å². The first-order valence-electron chi connectivity index (χ1n) is 7.31. The zero-order chi connectivity index (χ0) is 18.1. The summed E-state index contributed by atoms with van der Waals surface area (Å²) in [5, 5.41) is 28.1. The van der Waals surface area contributed by atoms with Crippen LogP contribution in [0.1, 0.15) is 22.8 Å². The molecule has 3 aromatic rings. The number of nitro groups is 1. The maximum atomic E-state index is 10.9. The quantitative estimate of drug-likeness (QED) is 0.404. The predicted octanol–water partition coefficient (Wildman–Crippen LogP) is 2.83. The van der Waals surface area contributed by atoms with Gasteiger partial charge in [-0.25, -0.2) is 4.68 Å². The number of rotatable bonds is 4. The van der Waals surface area contributed by atoms with Crippen LogP contribution in [0, 0.1) is 30.9 Å². The van der Waals surface area contributed by atoms with Gasteiger partial charge in [0.1, 0.15) is 0 Å². The Labute approximate surface area is 147 Å². The molecule has 10 heteroatoms. The van der Waals surface area contributed by atoms with Crippen molar-refractivity contribution in [2.24, 2.45) is 5.10 Å².